The number of nitrogens with zero attached hydrogens (tertiary/aromatic N) is 2. The molecule has 2 heterocycles. The molecule has 24 heavy (non-hydrogen) atoms. The monoisotopic (exact) mass is 333 g/mol. The van der Waals surface area contributed by atoms with Crippen molar-refractivity contribution in [3.63, 3.8) is 0 Å². The Hall–Kier alpha value is -2.79. The third kappa shape index (κ3) is 2.53. The van der Waals surface area contributed by atoms with E-state index < -0.39 is 0 Å². The van der Waals surface area contributed by atoms with Gasteiger partial charge in [0.1, 0.15) is 5.75 Å². The summed E-state index contributed by atoms with van der Waals surface area (Å²) >= 11 is 5.35. The molecular weight excluding hydrogens is 318 g/mol. The highest BCUT2D eigenvalue weighted by atomic mass is 32.1. The molecule has 0 aliphatic rings. The molecule has 0 radical (unpaired) electrons. The van der Waals surface area contributed by atoms with Gasteiger partial charge in [0, 0.05) is 22.5 Å². The maximum Gasteiger partial charge on any atom is 0.197 e. The first kappa shape index (κ1) is 14.8. The summed E-state index contributed by atoms with van der Waals surface area (Å²) in [7, 11) is 0. The van der Waals surface area contributed by atoms with E-state index in [1.807, 2.05) is 61.7 Å². The largest absolute Gasteiger partial charge is 0.494 e. The van der Waals surface area contributed by atoms with Crippen LogP contribution < -0.4 is 4.74 Å². The van der Waals surface area contributed by atoms with Crippen molar-refractivity contribution in [2.45, 2.75) is 6.92 Å². The summed E-state index contributed by atoms with van der Waals surface area (Å²) in [5.41, 5.74) is 3.71. The van der Waals surface area contributed by atoms with Gasteiger partial charge in [0.05, 0.1) is 23.3 Å². The van der Waals surface area contributed by atoms with Crippen LogP contribution in [0.15, 0.2) is 54.7 Å². The highest BCUT2D eigenvalue weighted by Crippen LogP contribution is 2.30. The fraction of sp³-hybridized carbons (Fsp3) is 0.105. The second-order valence-corrected chi connectivity index (χ2v) is 5.80. The van der Waals surface area contributed by atoms with Crippen molar-refractivity contribution in [2.24, 2.45) is 0 Å². The molecule has 4 rings (SSSR count). The highest BCUT2D eigenvalue weighted by molar-refractivity contribution is 7.71. The molecule has 0 unspecified atom stereocenters. The van der Waals surface area contributed by atoms with E-state index in [0.29, 0.717) is 11.4 Å². The number of aromatic nitrogens is 3. The van der Waals surface area contributed by atoms with Crippen LogP contribution >= 0.6 is 12.2 Å². The van der Waals surface area contributed by atoms with Gasteiger partial charge in [0.15, 0.2) is 4.77 Å². The zero-order chi connectivity index (χ0) is 16.5. The van der Waals surface area contributed by atoms with Crippen LogP contribution in [0.1, 0.15) is 6.92 Å². The molecule has 0 amide bonds. The summed E-state index contributed by atoms with van der Waals surface area (Å²) in [4.78, 5) is 12.3. The lowest BCUT2D eigenvalue weighted by molar-refractivity contribution is 0.340. The van der Waals surface area contributed by atoms with Crippen molar-refractivity contribution < 1.29 is 4.74 Å². The lowest BCUT2D eigenvalue weighted by atomic mass is 10.1. The predicted molar refractivity (Wildman–Crippen MR) is 98.8 cm³/mol. The Balaban J connectivity index is 1.98. The van der Waals surface area contributed by atoms with Gasteiger partial charge in [-0.15, -0.1) is 0 Å². The molecule has 0 aliphatic carbocycles. The summed E-state index contributed by atoms with van der Waals surface area (Å²) in [5.74, 6) is 0.843. The molecule has 0 saturated carbocycles. The summed E-state index contributed by atoms with van der Waals surface area (Å²) in [6.07, 6.45) is 1.85. The number of hydrogen-bond donors (Lipinski definition) is 1. The molecule has 0 saturated heterocycles. The third-order valence-corrected chi connectivity index (χ3v) is 4.11. The molecule has 5 heteroatoms. The maximum absolute atomic E-state index is 5.51. The Bertz CT molecular complexity index is 1090. The Kier molecular flexibility index (Phi) is 3.70. The fourth-order valence-corrected chi connectivity index (χ4v) is 3.04. The SMILES string of the molecule is CCOc1ccc(-c2nc(=S)[nH]c3c2cnc2ccccc23)cc1. The van der Waals surface area contributed by atoms with Crippen molar-refractivity contribution in [1.82, 2.24) is 15.0 Å². The van der Waals surface area contributed by atoms with Gasteiger partial charge in [-0.25, -0.2) is 4.98 Å². The van der Waals surface area contributed by atoms with E-state index >= 15 is 0 Å². The number of hydrogen-bond acceptors (Lipinski definition) is 4. The van der Waals surface area contributed by atoms with Gasteiger partial charge >= 0.3 is 0 Å². The number of H-pyrrole nitrogens is 1. The lowest BCUT2D eigenvalue weighted by Gasteiger charge is -2.09. The van der Waals surface area contributed by atoms with Gasteiger partial charge in [-0.2, -0.15) is 0 Å². The fourth-order valence-electron chi connectivity index (χ4n) is 2.85. The minimum Gasteiger partial charge on any atom is -0.494 e. The summed E-state index contributed by atoms with van der Waals surface area (Å²) < 4.78 is 5.97. The van der Waals surface area contributed by atoms with Gasteiger partial charge in [-0.1, -0.05) is 18.2 Å². The molecule has 4 aromatic rings. The van der Waals surface area contributed by atoms with Crippen molar-refractivity contribution >= 4 is 34.0 Å². The molecule has 2 aromatic heterocycles. The number of aromatic amines is 1. The van der Waals surface area contributed by atoms with Gasteiger partial charge in [-0.3, -0.25) is 4.98 Å². The van der Waals surface area contributed by atoms with Crippen LogP contribution in [0.5, 0.6) is 5.75 Å². The Morgan fingerprint density at radius 2 is 1.83 bits per heavy atom. The number of ether oxygens (including phenoxy) is 1. The molecular formula is C19H15N3OS. The molecule has 0 bridgehead atoms. The predicted octanol–water partition coefficient (Wildman–Crippen LogP) is 4.91. The second kappa shape index (κ2) is 6.02. The van der Waals surface area contributed by atoms with Crippen molar-refractivity contribution in [3.8, 4) is 17.0 Å². The zero-order valence-electron chi connectivity index (χ0n) is 13.1. The molecule has 118 valence electrons. The quantitative estimate of drug-likeness (QED) is 0.428. The van der Waals surface area contributed by atoms with E-state index in [-0.39, 0.29) is 0 Å². The molecule has 0 spiro atoms. The van der Waals surface area contributed by atoms with Crippen LogP contribution in [0.25, 0.3) is 33.1 Å². The topological polar surface area (TPSA) is 50.8 Å². The Morgan fingerprint density at radius 3 is 2.62 bits per heavy atom. The second-order valence-electron chi connectivity index (χ2n) is 5.41. The van der Waals surface area contributed by atoms with Gasteiger partial charge in [0.2, 0.25) is 0 Å². The molecule has 0 fully saturated rings. The van der Waals surface area contributed by atoms with Gasteiger partial charge < -0.3 is 9.72 Å². The van der Waals surface area contributed by atoms with Crippen molar-refractivity contribution in [2.75, 3.05) is 6.61 Å². The van der Waals surface area contributed by atoms with Gasteiger partial charge in [-0.05, 0) is 49.5 Å². The first-order valence-corrected chi connectivity index (χ1v) is 8.18. The average Bonchev–Trinajstić information content (AvgIpc) is 2.62. The molecule has 0 aliphatic heterocycles. The first-order valence-electron chi connectivity index (χ1n) is 7.77. The standard InChI is InChI=1S/C19H15N3OS/c1-2-23-13-9-7-12(8-10-13)17-15-11-20-16-6-4-3-5-14(16)18(15)22-19(24)21-17/h3-11H,2H2,1H3,(H,21,22,24). The number of benzene rings is 2. The van der Waals surface area contributed by atoms with E-state index in [2.05, 4.69) is 15.0 Å². The van der Waals surface area contributed by atoms with Gasteiger partial charge in [0.25, 0.3) is 0 Å². The minimum atomic E-state index is 0.461. The first-order chi connectivity index (χ1) is 11.8. The average molecular weight is 333 g/mol. The number of rotatable bonds is 3. The third-order valence-electron chi connectivity index (χ3n) is 3.91. The molecule has 1 N–H and O–H groups in total. The van der Waals surface area contributed by atoms with Crippen LogP contribution in [0.3, 0.4) is 0 Å². The van der Waals surface area contributed by atoms with E-state index in [0.717, 1.165) is 38.8 Å². The van der Waals surface area contributed by atoms with E-state index in [9.17, 15) is 0 Å². The van der Waals surface area contributed by atoms with Crippen LogP contribution in [-0.4, -0.2) is 21.6 Å². The Labute approximate surface area is 144 Å². The van der Waals surface area contributed by atoms with E-state index in [1.165, 1.54) is 0 Å². The Morgan fingerprint density at radius 1 is 1.04 bits per heavy atom. The number of fused-ring (bicyclic) bond motifs is 3. The maximum atomic E-state index is 5.51. The number of para-hydroxylation sites is 1. The summed E-state index contributed by atoms with van der Waals surface area (Å²) in [6, 6.07) is 15.9. The molecule has 4 nitrogen and oxygen atoms in total. The number of pyridine rings is 1. The molecule has 2 aromatic carbocycles. The van der Waals surface area contributed by atoms with Crippen molar-refractivity contribution in [3.05, 3.63) is 59.5 Å². The zero-order valence-corrected chi connectivity index (χ0v) is 13.9. The van der Waals surface area contributed by atoms with Crippen LogP contribution in [0.4, 0.5) is 0 Å². The molecule has 0 atom stereocenters. The van der Waals surface area contributed by atoms with Crippen LogP contribution in [0.2, 0.25) is 0 Å². The smallest absolute Gasteiger partial charge is 0.197 e. The summed E-state index contributed by atoms with van der Waals surface area (Å²) in [5, 5.41) is 1.99. The van der Waals surface area contributed by atoms with Crippen LogP contribution in [-0.2, 0) is 0 Å². The van der Waals surface area contributed by atoms with E-state index in [4.69, 9.17) is 17.0 Å². The van der Waals surface area contributed by atoms with E-state index in [1.54, 1.807) is 0 Å². The summed E-state index contributed by atoms with van der Waals surface area (Å²) in [6.45, 7) is 2.61. The number of nitrogens with one attached hydrogen (secondary N) is 1. The minimum absolute atomic E-state index is 0.461. The normalized spacial score (nSPS) is 11.0. The lowest BCUT2D eigenvalue weighted by Crippen LogP contribution is -1.94. The van der Waals surface area contributed by atoms with Crippen molar-refractivity contribution in [1.29, 1.82) is 0 Å². The van der Waals surface area contributed by atoms with Crippen LogP contribution in [0, 0.1) is 4.77 Å². The highest BCUT2D eigenvalue weighted by Gasteiger charge is 2.10.